The fourth-order valence-corrected chi connectivity index (χ4v) is 2.93. The number of thioether (sulfide) groups is 1. The second-order valence-electron chi connectivity index (χ2n) is 3.95. The van der Waals surface area contributed by atoms with Crippen molar-refractivity contribution >= 4 is 11.8 Å². The standard InChI is InChI=1S/C10H18N4S/c1-14-8-12-13-10(14)2-5-11-9-3-6-15-7-4-9/h8-9,11H,2-7H2,1H3. The van der Waals surface area contributed by atoms with Crippen LogP contribution in [0.25, 0.3) is 0 Å². The van der Waals surface area contributed by atoms with Gasteiger partial charge in [-0.1, -0.05) is 0 Å². The van der Waals surface area contributed by atoms with E-state index in [1.54, 1.807) is 6.33 Å². The highest BCUT2D eigenvalue weighted by molar-refractivity contribution is 7.99. The number of aromatic nitrogens is 3. The van der Waals surface area contributed by atoms with Crippen LogP contribution in [0.15, 0.2) is 6.33 Å². The van der Waals surface area contributed by atoms with Crippen molar-refractivity contribution in [3.63, 3.8) is 0 Å². The molecule has 84 valence electrons. The largest absolute Gasteiger partial charge is 0.321 e. The number of nitrogens with one attached hydrogen (secondary N) is 1. The second-order valence-corrected chi connectivity index (χ2v) is 5.17. The van der Waals surface area contributed by atoms with Crippen LogP contribution < -0.4 is 5.32 Å². The Morgan fingerprint density at radius 2 is 2.33 bits per heavy atom. The minimum atomic E-state index is 0.722. The van der Waals surface area contributed by atoms with E-state index in [1.165, 1.54) is 24.3 Å². The van der Waals surface area contributed by atoms with Gasteiger partial charge in [0.05, 0.1) is 0 Å². The first-order chi connectivity index (χ1) is 7.36. The van der Waals surface area contributed by atoms with Crippen LogP contribution in [0.5, 0.6) is 0 Å². The normalized spacial score (nSPS) is 18.2. The zero-order chi connectivity index (χ0) is 10.5. The van der Waals surface area contributed by atoms with Crippen molar-refractivity contribution in [2.75, 3.05) is 18.1 Å². The van der Waals surface area contributed by atoms with Crippen molar-refractivity contribution in [2.24, 2.45) is 7.05 Å². The maximum Gasteiger partial charge on any atom is 0.133 e. The summed E-state index contributed by atoms with van der Waals surface area (Å²) in [6, 6.07) is 0.722. The molecule has 1 aromatic heterocycles. The topological polar surface area (TPSA) is 42.7 Å². The lowest BCUT2D eigenvalue weighted by atomic mass is 10.1. The summed E-state index contributed by atoms with van der Waals surface area (Å²) in [5.74, 6) is 3.68. The molecule has 0 radical (unpaired) electrons. The molecule has 1 aromatic rings. The number of hydrogen-bond donors (Lipinski definition) is 1. The summed E-state index contributed by atoms with van der Waals surface area (Å²) in [4.78, 5) is 0. The predicted molar refractivity (Wildman–Crippen MR) is 63.1 cm³/mol. The molecule has 4 nitrogen and oxygen atoms in total. The minimum Gasteiger partial charge on any atom is -0.321 e. The van der Waals surface area contributed by atoms with Crippen LogP contribution in [0.1, 0.15) is 18.7 Å². The van der Waals surface area contributed by atoms with Crippen LogP contribution in [0.4, 0.5) is 0 Å². The van der Waals surface area contributed by atoms with Gasteiger partial charge in [0, 0.05) is 26.1 Å². The van der Waals surface area contributed by atoms with Gasteiger partial charge >= 0.3 is 0 Å². The van der Waals surface area contributed by atoms with Gasteiger partial charge in [-0.25, -0.2) is 0 Å². The van der Waals surface area contributed by atoms with Gasteiger partial charge in [-0.15, -0.1) is 10.2 Å². The van der Waals surface area contributed by atoms with Crippen molar-refractivity contribution in [2.45, 2.75) is 25.3 Å². The average molecular weight is 226 g/mol. The summed E-state index contributed by atoms with van der Waals surface area (Å²) in [5.41, 5.74) is 0. The minimum absolute atomic E-state index is 0.722. The Morgan fingerprint density at radius 1 is 1.53 bits per heavy atom. The van der Waals surface area contributed by atoms with Gasteiger partial charge < -0.3 is 9.88 Å². The molecular formula is C10H18N4S. The fourth-order valence-electron chi connectivity index (χ4n) is 1.82. The average Bonchev–Trinajstić information content (AvgIpc) is 2.66. The van der Waals surface area contributed by atoms with Crippen LogP contribution in [-0.4, -0.2) is 38.9 Å². The molecule has 1 aliphatic rings. The molecule has 0 aromatic carbocycles. The molecule has 15 heavy (non-hydrogen) atoms. The van der Waals surface area contributed by atoms with E-state index in [2.05, 4.69) is 27.3 Å². The van der Waals surface area contributed by atoms with Gasteiger partial charge in [0.25, 0.3) is 0 Å². The van der Waals surface area contributed by atoms with Crippen LogP contribution in [0.3, 0.4) is 0 Å². The van der Waals surface area contributed by atoms with Gasteiger partial charge in [-0.2, -0.15) is 11.8 Å². The fraction of sp³-hybridized carbons (Fsp3) is 0.800. The van der Waals surface area contributed by atoms with Crippen LogP contribution in [0.2, 0.25) is 0 Å². The van der Waals surface area contributed by atoms with E-state index in [-0.39, 0.29) is 0 Å². The Morgan fingerprint density at radius 3 is 3.00 bits per heavy atom. The highest BCUT2D eigenvalue weighted by atomic mass is 32.2. The molecule has 1 aliphatic heterocycles. The Hall–Kier alpha value is -0.550. The van der Waals surface area contributed by atoms with Gasteiger partial charge in [0.2, 0.25) is 0 Å². The summed E-state index contributed by atoms with van der Waals surface area (Å²) in [7, 11) is 1.99. The number of rotatable bonds is 4. The molecule has 5 heteroatoms. The molecule has 2 heterocycles. The van der Waals surface area contributed by atoms with Gasteiger partial charge in [0.15, 0.2) is 0 Å². The van der Waals surface area contributed by atoms with Gasteiger partial charge in [-0.3, -0.25) is 0 Å². The van der Waals surface area contributed by atoms with E-state index in [4.69, 9.17) is 0 Å². The quantitative estimate of drug-likeness (QED) is 0.826. The molecule has 0 saturated carbocycles. The molecule has 0 amide bonds. The number of hydrogen-bond acceptors (Lipinski definition) is 4. The summed E-state index contributed by atoms with van der Waals surface area (Å²) in [6.07, 6.45) is 5.35. The third-order valence-electron chi connectivity index (χ3n) is 2.81. The first-order valence-electron chi connectivity index (χ1n) is 5.50. The molecule has 2 rings (SSSR count). The van der Waals surface area contributed by atoms with E-state index >= 15 is 0 Å². The highest BCUT2D eigenvalue weighted by Crippen LogP contribution is 2.16. The molecule has 1 saturated heterocycles. The maximum atomic E-state index is 4.07. The lowest BCUT2D eigenvalue weighted by molar-refractivity contribution is 0.481. The van der Waals surface area contributed by atoms with Crippen molar-refractivity contribution in [3.8, 4) is 0 Å². The first-order valence-corrected chi connectivity index (χ1v) is 6.66. The third kappa shape index (κ3) is 3.21. The van der Waals surface area contributed by atoms with Gasteiger partial charge in [0.1, 0.15) is 12.2 Å². The first kappa shape index (κ1) is 11.0. The molecule has 1 N–H and O–H groups in total. The van der Waals surface area contributed by atoms with E-state index in [0.29, 0.717) is 0 Å². The van der Waals surface area contributed by atoms with E-state index in [9.17, 15) is 0 Å². The smallest absolute Gasteiger partial charge is 0.133 e. The Balaban J connectivity index is 1.68. The second kappa shape index (κ2) is 5.51. The monoisotopic (exact) mass is 226 g/mol. The highest BCUT2D eigenvalue weighted by Gasteiger charge is 2.12. The summed E-state index contributed by atoms with van der Waals surface area (Å²) >= 11 is 2.07. The summed E-state index contributed by atoms with van der Waals surface area (Å²) < 4.78 is 1.98. The number of aryl methyl sites for hydroxylation is 1. The molecule has 0 spiro atoms. The van der Waals surface area contributed by atoms with Gasteiger partial charge in [-0.05, 0) is 24.3 Å². The predicted octanol–water partition coefficient (Wildman–Crippen LogP) is 0.843. The molecule has 0 aliphatic carbocycles. The lowest BCUT2D eigenvalue weighted by Crippen LogP contribution is -2.34. The third-order valence-corrected chi connectivity index (χ3v) is 3.86. The van der Waals surface area contributed by atoms with E-state index in [1.807, 2.05) is 11.6 Å². The molecule has 0 atom stereocenters. The van der Waals surface area contributed by atoms with Crippen molar-refractivity contribution in [1.29, 1.82) is 0 Å². The van der Waals surface area contributed by atoms with E-state index in [0.717, 1.165) is 24.8 Å². The maximum absolute atomic E-state index is 4.07. The molecular weight excluding hydrogens is 208 g/mol. The Labute approximate surface area is 94.8 Å². The number of nitrogens with zero attached hydrogens (tertiary/aromatic N) is 3. The van der Waals surface area contributed by atoms with Crippen molar-refractivity contribution in [3.05, 3.63) is 12.2 Å². The Bertz CT molecular complexity index is 293. The molecule has 0 unspecified atom stereocenters. The molecule has 1 fully saturated rings. The van der Waals surface area contributed by atoms with Crippen LogP contribution in [0, 0.1) is 0 Å². The molecule has 0 bridgehead atoms. The van der Waals surface area contributed by atoms with Crippen LogP contribution >= 0.6 is 11.8 Å². The summed E-state index contributed by atoms with van der Waals surface area (Å²) in [5, 5.41) is 11.5. The zero-order valence-electron chi connectivity index (χ0n) is 9.15. The van der Waals surface area contributed by atoms with Crippen molar-refractivity contribution in [1.82, 2.24) is 20.1 Å². The summed E-state index contributed by atoms with van der Waals surface area (Å²) in [6.45, 7) is 1.02. The zero-order valence-corrected chi connectivity index (χ0v) is 9.96. The lowest BCUT2D eigenvalue weighted by Gasteiger charge is -2.22. The van der Waals surface area contributed by atoms with Crippen molar-refractivity contribution < 1.29 is 0 Å². The SMILES string of the molecule is Cn1cnnc1CCNC1CCSCC1. The van der Waals surface area contributed by atoms with E-state index < -0.39 is 0 Å². The Kier molecular flexibility index (Phi) is 4.02. The van der Waals surface area contributed by atoms with Crippen LogP contribution in [-0.2, 0) is 13.5 Å².